The van der Waals surface area contributed by atoms with Gasteiger partial charge in [-0.05, 0) is 6.42 Å². The highest BCUT2D eigenvalue weighted by Crippen LogP contribution is 2.16. The number of nitrogens with zero attached hydrogens (tertiary/aromatic N) is 1. The Kier molecular flexibility index (Phi) is 6.06. The van der Waals surface area contributed by atoms with E-state index in [2.05, 4.69) is 0 Å². The zero-order valence-corrected chi connectivity index (χ0v) is 8.09. The minimum absolute atomic E-state index is 0.0590. The molecule has 0 saturated heterocycles. The fraction of sp³-hybridized carbons (Fsp3) is 1.00. The number of rotatable bonds is 6. The van der Waals surface area contributed by atoms with Crippen molar-refractivity contribution in [3.05, 3.63) is 0 Å². The molecule has 0 radical (unpaired) electrons. The molecule has 0 aromatic carbocycles. The van der Waals surface area contributed by atoms with Gasteiger partial charge in [0.05, 0.1) is 19.3 Å². The summed E-state index contributed by atoms with van der Waals surface area (Å²) in [5, 5.41) is 17.7. The Balaban J connectivity index is 4.01. The third-order valence-corrected chi connectivity index (χ3v) is 1.76. The first-order valence-electron chi connectivity index (χ1n) is 4.47. The van der Waals surface area contributed by atoms with Gasteiger partial charge in [0.1, 0.15) is 0 Å². The van der Waals surface area contributed by atoms with Crippen molar-refractivity contribution in [2.24, 2.45) is 0 Å². The van der Waals surface area contributed by atoms with Crippen LogP contribution in [-0.4, -0.2) is 53.6 Å². The summed E-state index contributed by atoms with van der Waals surface area (Å²) in [4.78, 5) is 0.994. The third kappa shape index (κ3) is 7.11. The maximum absolute atomic E-state index is 12.0. The normalized spacial score (nSPS) is 14.8. The van der Waals surface area contributed by atoms with Gasteiger partial charge >= 0.3 is 6.18 Å². The molecule has 1 unspecified atom stereocenters. The molecule has 0 amide bonds. The fourth-order valence-electron chi connectivity index (χ4n) is 1.06. The lowest BCUT2D eigenvalue weighted by atomic mass is 10.2. The second-order valence-corrected chi connectivity index (χ2v) is 3.14. The maximum atomic E-state index is 12.0. The lowest BCUT2D eigenvalue weighted by Gasteiger charge is -2.24. The summed E-state index contributed by atoms with van der Waals surface area (Å²) in [7, 11) is 0. The zero-order chi connectivity index (χ0) is 11.2. The second kappa shape index (κ2) is 6.21. The molecule has 2 N–H and O–H groups in total. The molecule has 0 aromatic rings. The number of alkyl halides is 3. The van der Waals surface area contributed by atoms with Crippen LogP contribution in [0.5, 0.6) is 0 Å². The summed E-state index contributed by atoms with van der Waals surface area (Å²) in [6.07, 6.45) is -4.66. The van der Waals surface area contributed by atoms with Crippen LogP contribution in [0.15, 0.2) is 0 Å². The van der Waals surface area contributed by atoms with Crippen LogP contribution in [0.1, 0.15) is 13.3 Å². The van der Waals surface area contributed by atoms with Gasteiger partial charge in [0.25, 0.3) is 0 Å². The molecule has 1 atom stereocenters. The quantitative estimate of drug-likeness (QED) is 0.682. The molecule has 0 aromatic heterocycles. The Hall–Kier alpha value is -0.330. The van der Waals surface area contributed by atoms with Crippen molar-refractivity contribution in [2.75, 3.05) is 26.2 Å². The van der Waals surface area contributed by atoms with Crippen molar-refractivity contribution in [2.45, 2.75) is 25.6 Å². The molecule has 0 spiro atoms. The van der Waals surface area contributed by atoms with Crippen molar-refractivity contribution in [3.63, 3.8) is 0 Å². The van der Waals surface area contributed by atoms with Gasteiger partial charge in [0.2, 0.25) is 0 Å². The first-order valence-corrected chi connectivity index (χ1v) is 4.47. The number of aliphatic hydroxyl groups excluding tert-OH is 2. The molecule has 0 bridgehead atoms. The summed E-state index contributed by atoms with van der Waals surface area (Å²) in [5.41, 5.74) is 0. The average molecular weight is 215 g/mol. The highest BCUT2D eigenvalue weighted by molar-refractivity contribution is 4.67. The van der Waals surface area contributed by atoms with Crippen molar-refractivity contribution in [1.82, 2.24) is 4.90 Å². The molecule has 0 rings (SSSR count). The first kappa shape index (κ1) is 13.7. The molecule has 6 heteroatoms. The van der Waals surface area contributed by atoms with Gasteiger partial charge in [-0.15, -0.1) is 0 Å². The van der Waals surface area contributed by atoms with Crippen LogP contribution in [0, 0.1) is 0 Å². The highest BCUT2D eigenvalue weighted by Gasteiger charge is 2.30. The fourth-order valence-corrected chi connectivity index (χ4v) is 1.06. The molecule has 0 aliphatic heterocycles. The summed E-state index contributed by atoms with van der Waals surface area (Å²) < 4.78 is 35.9. The molecule has 14 heavy (non-hydrogen) atoms. The average Bonchev–Trinajstić information content (AvgIpc) is 2.01. The summed E-state index contributed by atoms with van der Waals surface area (Å²) in [6.45, 7) is 0.125. The van der Waals surface area contributed by atoms with E-state index in [1.165, 1.54) is 0 Å². The molecule has 0 fully saturated rings. The van der Waals surface area contributed by atoms with E-state index in [4.69, 9.17) is 10.2 Å². The molecular formula is C8H16F3NO2. The minimum atomic E-state index is -4.29. The maximum Gasteiger partial charge on any atom is 0.401 e. The van der Waals surface area contributed by atoms with Crippen LogP contribution in [0.3, 0.4) is 0 Å². The van der Waals surface area contributed by atoms with Gasteiger partial charge in [-0.25, -0.2) is 0 Å². The minimum Gasteiger partial charge on any atom is -0.395 e. The third-order valence-electron chi connectivity index (χ3n) is 1.76. The van der Waals surface area contributed by atoms with Gasteiger partial charge in [-0.1, -0.05) is 6.92 Å². The Morgan fingerprint density at radius 1 is 1.36 bits per heavy atom. The molecule has 0 aliphatic rings. The van der Waals surface area contributed by atoms with E-state index in [1.54, 1.807) is 6.92 Å². The van der Waals surface area contributed by atoms with Crippen LogP contribution < -0.4 is 0 Å². The number of aliphatic hydroxyl groups is 2. The van der Waals surface area contributed by atoms with Crippen molar-refractivity contribution >= 4 is 0 Å². The topological polar surface area (TPSA) is 43.7 Å². The predicted octanol–water partition coefficient (Wildman–Crippen LogP) is 0.614. The van der Waals surface area contributed by atoms with E-state index < -0.39 is 18.8 Å². The summed E-state index contributed by atoms with van der Waals surface area (Å²) in [5.74, 6) is 0. The first-order chi connectivity index (χ1) is 6.39. The van der Waals surface area contributed by atoms with Crippen LogP contribution in [0.4, 0.5) is 13.2 Å². The Morgan fingerprint density at radius 2 is 1.93 bits per heavy atom. The van der Waals surface area contributed by atoms with Crippen molar-refractivity contribution in [1.29, 1.82) is 0 Å². The van der Waals surface area contributed by atoms with Crippen LogP contribution in [0.2, 0.25) is 0 Å². The van der Waals surface area contributed by atoms with Crippen molar-refractivity contribution < 1.29 is 23.4 Å². The Bertz CT molecular complexity index is 152. The lowest BCUT2D eigenvalue weighted by Crippen LogP contribution is -2.40. The van der Waals surface area contributed by atoms with E-state index >= 15 is 0 Å². The Labute approximate surface area is 81.1 Å². The SMILES string of the molecule is CCC(O)CN(CCO)CC(F)(F)F. The van der Waals surface area contributed by atoms with Crippen LogP contribution in [-0.2, 0) is 0 Å². The van der Waals surface area contributed by atoms with Gasteiger partial charge in [-0.2, -0.15) is 13.2 Å². The number of hydrogen-bond donors (Lipinski definition) is 2. The molecular weight excluding hydrogens is 199 g/mol. The van der Waals surface area contributed by atoms with Crippen LogP contribution >= 0.6 is 0 Å². The molecule has 0 heterocycles. The standard InChI is InChI=1S/C8H16F3NO2/c1-2-7(14)5-12(3-4-13)6-8(9,10)11/h7,13-14H,2-6H2,1H3. The summed E-state index contributed by atoms with van der Waals surface area (Å²) >= 11 is 0. The lowest BCUT2D eigenvalue weighted by molar-refractivity contribution is -0.149. The second-order valence-electron chi connectivity index (χ2n) is 3.14. The highest BCUT2D eigenvalue weighted by atomic mass is 19.4. The van der Waals surface area contributed by atoms with Gasteiger partial charge < -0.3 is 10.2 Å². The van der Waals surface area contributed by atoms with Gasteiger partial charge in [0, 0.05) is 13.1 Å². The molecule has 3 nitrogen and oxygen atoms in total. The van der Waals surface area contributed by atoms with Crippen LogP contribution in [0.25, 0.3) is 0 Å². The molecule has 0 aliphatic carbocycles. The monoisotopic (exact) mass is 215 g/mol. The molecule has 86 valence electrons. The van der Waals surface area contributed by atoms with E-state index in [0.29, 0.717) is 6.42 Å². The van der Waals surface area contributed by atoms with Gasteiger partial charge in [0.15, 0.2) is 0 Å². The Morgan fingerprint density at radius 3 is 2.29 bits per heavy atom. The number of hydrogen-bond acceptors (Lipinski definition) is 3. The predicted molar refractivity (Wildman–Crippen MR) is 45.9 cm³/mol. The van der Waals surface area contributed by atoms with Crippen molar-refractivity contribution in [3.8, 4) is 0 Å². The zero-order valence-electron chi connectivity index (χ0n) is 8.09. The van der Waals surface area contributed by atoms with Gasteiger partial charge in [-0.3, -0.25) is 4.90 Å². The molecule has 0 saturated carbocycles. The van der Waals surface area contributed by atoms with E-state index in [0.717, 1.165) is 4.90 Å². The van der Waals surface area contributed by atoms with E-state index in [9.17, 15) is 13.2 Å². The van der Waals surface area contributed by atoms with E-state index in [-0.39, 0.29) is 19.7 Å². The largest absolute Gasteiger partial charge is 0.401 e. The summed E-state index contributed by atoms with van der Waals surface area (Å²) in [6, 6.07) is 0. The smallest absolute Gasteiger partial charge is 0.395 e. The number of halogens is 3. The van der Waals surface area contributed by atoms with E-state index in [1.807, 2.05) is 0 Å².